The van der Waals surface area contributed by atoms with Crippen LogP contribution in [0.4, 0.5) is 0 Å². The highest BCUT2D eigenvalue weighted by Gasteiger charge is 2.14. The van der Waals surface area contributed by atoms with Crippen molar-refractivity contribution in [1.82, 2.24) is 5.32 Å². The molecule has 0 aromatic heterocycles. The average molecular weight is 412 g/mol. The van der Waals surface area contributed by atoms with Crippen LogP contribution in [0, 0.1) is 0 Å². The molecule has 1 amide bonds. The molecular formula is C25H35N2O3+. The molecule has 30 heavy (non-hydrogen) atoms. The van der Waals surface area contributed by atoms with Gasteiger partial charge in [-0.1, -0.05) is 45.0 Å². The van der Waals surface area contributed by atoms with Gasteiger partial charge in [0.15, 0.2) is 0 Å². The topological polar surface area (TPSA) is 52.0 Å². The first-order valence-electron chi connectivity index (χ1n) is 10.9. The molecule has 5 nitrogen and oxygen atoms in total. The Labute approximate surface area is 180 Å². The first kappa shape index (κ1) is 22.3. The van der Waals surface area contributed by atoms with Crippen LogP contribution in [0.2, 0.25) is 0 Å². The van der Waals surface area contributed by atoms with Crippen molar-refractivity contribution in [3.63, 3.8) is 0 Å². The van der Waals surface area contributed by atoms with Crippen molar-refractivity contribution < 1.29 is 19.2 Å². The Balaban J connectivity index is 1.40. The molecule has 1 saturated heterocycles. The molecule has 1 fully saturated rings. The van der Waals surface area contributed by atoms with Gasteiger partial charge in [-0.2, -0.15) is 0 Å². The number of hydrogen-bond donors (Lipinski definition) is 2. The van der Waals surface area contributed by atoms with Crippen LogP contribution in [0.1, 0.15) is 48.7 Å². The third-order valence-corrected chi connectivity index (χ3v) is 5.53. The van der Waals surface area contributed by atoms with Gasteiger partial charge in [0, 0.05) is 18.5 Å². The van der Waals surface area contributed by atoms with Gasteiger partial charge in [-0.25, -0.2) is 0 Å². The molecule has 2 N–H and O–H groups in total. The summed E-state index contributed by atoms with van der Waals surface area (Å²) in [7, 11) is 0. The molecule has 1 heterocycles. The summed E-state index contributed by atoms with van der Waals surface area (Å²) < 4.78 is 11.3. The van der Waals surface area contributed by atoms with Gasteiger partial charge in [0.1, 0.15) is 25.4 Å². The maximum Gasteiger partial charge on any atom is 0.251 e. The van der Waals surface area contributed by atoms with Crippen molar-refractivity contribution in [3.05, 3.63) is 65.2 Å². The minimum atomic E-state index is -0.0165. The number of nitrogens with one attached hydrogen (secondary N) is 2. The molecule has 0 radical (unpaired) electrons. The van der Waals surface area contributed by atoms with E-state index < -0.39 is 0 Å². The van der Waals surface area contributed by atoms with Gasteiger partial charge in [-0.15, -0.1) is 0 Å². The molecule has 162 valence electrons. The number of amides is 1. The summed E-state index contributed by atoms with van der Waals surface area (Å²) in [5.74, 6) is 0.837. The molecule has 0 spiro atoms. The van der Waals surface area contributed by atoms with E-state index in [2.05, 4.69) is 38.2 Å². The lowest BCUT2D eigenvalue weighted by atomic mass is 9.87. The van der Waals surface area contributed by atoms with Gasteiger partial charge in [0.05, 0.1) is 19.8 Å². The zero-order valence-corrected chi connectivity index (χ0v) is 18.5. The number of morpholine rings is 1. The van der Waals surface area contributed by atoms with Crippen LogP contribution in [0.25, 0.3) is 0 Å². The van der Waals surface area contributed by atoms with Crippen LogP contribution in [0.3, 0.4) is 0 Å². The summed E-state index contributed by atoms with van der Waals surface area (Å²) in [5.41, 5.74) is 3.16. The summed E-state index contributed by atoms with van der Waals surface area (Å²) in [6.07, 6.45) is 0.987. The molecule has 1 aliphatic rings. The maximum absolute atomic E-state index is 12.3. The van der Waals surface area contributed by atoms with Crippen LogP contribution in [0.15, 0.2) is 48.5 Å². The van der Waals surface area contributed by atoms with Gasteiger partial charge < -0.3 is 19.7 Å². The van der Waals surface area contributed by atoms with Crippen LogP contribution in [0.5, 0.6) is 5.75 Å². The summed E-state index contributed by atoms with van der Waals surface area (Å²) in [5, 5.41) is 3.02. The third kappa shape index (κ3) is 6.85. The predicted molar refractivity (Wildman–Crippen MR) is 119 cm³/mol. The Bertz CT molecular complexity index is 789. The van der Waals surface area contributed by atoms with E-state index in [9.17, 15) is 4.79 Å². The molecule has 0 saturated carbocycles. The molecule has 0 atom stereocenters. The van der Waals surface area contributed by atoms with Crippen molar-refractivity contribution in [1.29, 1.82) is 0 Å². The van der Waals surface area contributed by atoms with Gasteiger partial charge in [0.2, 0.25) is 0 Å². The first-order valence-corrected chi connectivity index (χ1v) is 10.9. The van der Waals surface area contributed by atoms with Crippen LogP contribution in [-0.2, 0) is 16.8 Å². The lowest BCUT2D eigenvalue weighted by molar-refractivity contribution is -0.908. The maximum atomic E-state index is 12.3. The number of benzene rings is 2. The molecule has 2 aromatic rings. The molecule has 0 unspecified atom stereocenters. The zero-order chi connectivity index (χ0) is 21.4. The molecule has 0 aliphatic carbocycles. The Hall–Kier alpha value is -2.37. The molecule has 2 aromatic carbocycles. The Morgan fingerprint density at radius 1 is 1.03 bits per heavy atom. The quantitative estimate of drug-likeness (QED) is 0.657. The van der Waals surface area contributed by atoms with Crippen molar-refractivity contribution >= 4 is 5.91 Å². The second kappa shape index (κ2) is 10.6. The number of rotatable bonds is 8. The third-order valence-electron chi connectivity index (χ3n) is 5.53. The number of quaternary nitrogens is 1. The standard InChI is InChI=1S/C25H34N2O3/c1-25(2,3)22-9-11-23(12-10-22)30-19-20-5-7-21(8-6-20)24(28)26-13-4-14-27-15-17-29-18-16-27/h5-12H,4,13-19H2,1-3H3,(H,26,28)/p+1. The first-order chi connectivity index (χ1) is 14.4. The van der Waals surface area contributed by atoms with Crippen molar-refractivity contribution in [3.8, 4) is 5.75 Å². The zero-order valence-electron chi connectivity index (χ0n) is 18.5. The minimum absolute atomic E-state index is 0.0165. The van der Waals surface area contributed by atoms with E-state index in [4.69, 9.17) is 9.47 Å². The van der Waals surface area contributed by atoms with E-state index in [0.29, 0.717) is 18.7 Å². The number of ether oxygens (including phenoxy) is 2. The second-order valence-electron chi connectivity index (χ2n) is 8.98. The van der Waals surface area contributed by atoms with E-state index in [1.54, 1.807) is 4.90 Å². The van der Waals surface area contributed by atoms with E-state index in [-0.39, 0.29) is 11.3 Å². The predicted octanol–water partition coefficient (Wildman–Crippen LogP) is 2.60. The fraction of sp³-hybridized carbons (Fsp3) is 0.480. The Kier molecular flexibility index (Phi) is 7.88. The van der Waals surface area contributed by atoms with E-state index in [1.807, 2.05) is 36.4 Å². The number of hydrogen-bond acceptors (Lipinski definition) is 3. The van der Waals surface area contributed by atoms with E-state index in [1.165, 1.54) is 5.56 Å². The van der Waals surface area contributed by atoms with Gasteiger partial charge in [-0.3, -0.25) is 4.79 Å². The highest BCUT2D eigenvalue weighted by molar-refractivity contribution is 5.94. The SMILES string of the molecule is CC(C)(C)c1ccc(OCc2ccc(C(=O)NCCC[NH+]3CCOCC3)cc2)cc1. The Morgan fingerprint density at radius 2 is 1.70 bits per heavy atom. The molecule has 0 bridgehead atoms. The molecular weight excluding hydrogens is 376 g/mol. The Morgan fingerprint density at radius 3 is 2.33 bits per heavy atom. The minimum Gasteiger partial charge on any atom is -0.489 e. The van der Waals surface area contributed by atoms with E-state index in [0.717, 1.165) is 50.6 Å². The summed E-state index contributed by atoms with van der Waals surface area (Å²) >= 11 is 0. The molecule has 1 aliphatic heterocycles. The van der Waals surface area contributed by atoms with Crippen molar-refractivity contribution in [2.24, 2.45) is 0 Å². The van der Waals surface area contributed by atoms with Crippen molar-refractivity contribution in [2.45, 2.75) is 39.2 Å². The number of carbonyl (C=O) groups excluding carboxylic acids is 1. The van der Waals surface area contributed by atoms with Gasteiger partial charge in [-0.05, 0) is 40.8 Å². The number of carbonyl (C=O) groups is 1. The van der Waals surface area contributed by atoms with Crippen molar-refractivity contribution in [2.75, 3.05) is 39.4 Å². The lowest BCUT2D eigenvalue weighted by Crippen LogP contribution is -3.14. The van der Waals surface area contributed by atoms with Gasteiger partial charge in [0.25, 0.3) is 5.91 Å². The van der Waals surface area contributed by atoms with Crippen LogP contribution in [-0.4, -0.2) is 45.3 Å². The molecule has 5 heteroatoms. The second-order valence-corrected chi connectivity index (χ2v) is 8.98. The fourth-order valence-electron chi connectivity index (χ4n) is 3.52. The van der Waals surface area contributed by atoms with E-state index >= 15 is 0 Å². The summed E-state index contributed by atoms with van der Waals surface area (Å²) in [4.78, 5) is 13.9. The smallest absolute Gasteiger partial charge is 0.251 e. The lowest BCUT2D eigenvalue weighted by Gasteiger charge is -2.23. The fourth-order valence-corrected chi connectivity index (χ4v) is 3.52. The monoisotopic (exact) mass is 411 g/mol. The van der Waals surface area contributed by atoms with Gasteiger partial charge >= 0.3 is 0 Å². The van der Waals surface area contributed by atoms with Crippen LogP contribution < -0.4 is 15.0 Å². The highest BCUT2D eigenvalue weighted by atomic mass is 16.5. The summed E-state index contributed by atoms with van der Waals surface area (Å²) in [6.45, 7) is 12.7. The largest absolute Gasteiger partial charge is 0.489 e. The molecule has 3 rings (SSSR count). The normalized spacial score (nSPS) is 15.0. The van der Waals surface area contributed by atoms with Crippen LogP contribution >= 0.6 is 0 Å². The average Bonchev–Trinajstić information content (AvgIpc) is 2.76. The summed E-state index contributed by atoms with van der Waals surface area (Å²) in [6, 6.07) is 15.9. The highest BCUT2D eigenvalue weighted by Crippen LogP contribution is 2.24.